The lowest BCUT2D eigenvalue weighted by Gasteiger charge is -2.09. The van der Waals surface area contributed by atoms with Crippen LogP contribution < -0.4 is 0 Å². The average Bonchev–Trinajstić information content (AvgIpc) is 2.78. The van der Waals surface area contributed by atoms with Gasteiger partial charge in [0.05, 0.1) is 23.3 Å². The number of hydrogen-bond donors (Lipinski definition) is 0. The van der Waals surface area contributed by atoms with Gasteiger partial charge >= 0.3 is 0 Å². The third kappa shape index (κ3) is 2.32. The third-order valence-electron chi connectivity index (χ3n) is 4.58. The predicted octanol–water partition coefficient (Wildman–Crippen LogP) is 3.53. The molecular weight excluding hydrogens is 350 g/mol. The van der Waals surface area contributed by atoms with Gasteiger partial charge in [-0.3, -0.25) is 9.97 Å². The van der Waals surface area contributed by atoms with Crippen LogP contribution in [0.15, 0.2) is 55.1 Å². The van der Waals surface area contributed by atoms with Crippen molar-refractivity contribution in [3.8, 4) is 23.5 Å². The first-order valence-electron chi connectivity index (χ1n) is 8.38. The molecule has 0 radical (unpaired) electrons. The van der Waals surface area contributed by atoms with Crippen LogP contribution in [-0.4, -0.2) is 25.1 Å². The number of nitriles is 2. The molecule has 0 aliphatic carbocycles. The van der Waals surface area contributed by atoms with E-state index in [9.17, 15) is 10.5 Å². The summed E-state index contributed by atoms with van der Waals surface area (Å²) in [5.41, 5.74) is 2.66. The summed E-state index contributed by atoms with van der Waals surface area (Å²) in [7, 11) is 0. The molecule has 0 bridgehead atoms. The van der Waals surface area contributed by atoms with Crippen LogP contribution in [0.25, 0.3) is 44.0 Å². The van der Waals surface area contributed by atoms with E-state index in [1.165, 1.54) is 6.07 Å². The van der Waals surface area contributed by atoms with E-state index in [4.69, 9.17) is 4.98 Å². The van der Waals surface area contributed by atoms with Crippen LogP contribution in [0.2, 0.25) is 0 Å². The summed E-state index contributed by atoms with van der Waals surface area (Å²) in [5.74, 6) is 0.354. The summed E-state index contributed by atoms with van der Waals surface area (Å²) in [4.78, 5) is 13.2. The molecule has 0 spiro atoms. The Hall–Kier alpha value is -4.49. The van der Waals surface area contributed by atoms with E-state index < -0.39 is 0 Å². The van der Waals surface area contributed by atoms with Crippen LogP contribution >= 0.6 is 0 Å². The van der Waals surface area contributed by atoms with Gasteiger partial charge in [0.1, 0.15) is 11.0 Å². The Labute approximate surface area is 158 Å². The molecule has 3 aromatic heterocycles. The predicted molar refractivity (Wildman–Crippen MR) is 103 cm³/mol. The van der Waals surface area contributed by atoms with Gasteiger partial charge in [-0.1, -0.05) is 0 Å². The van der Waals surface area contributed by atoms with Crippen LogP contribution in [0.3, 0.4) is 0 Å². The van der Waals surface area contributed by atoms with E-state index >= 15 is 0 Å². The first-order chi connectivity index (χ1) is 13.8. The van der Waals surface area contributed by atoms with E-state index in [0.29, 0.717) is 33.5 Å². The van der Waals surface area contributed by atoms with Crippen LogP contribution in [0, 0.1) is 22.7 Å². The summed E-state index contributed by atoms with van der Waals surface area (Å²) in [6.45, 7) is 0. The maximum absolute atomic E-state index is 9.23. The largest absolute Gasteiger partial charge is 0.264 e. The number of rotatable bonds is 1. The van der Waals surface area contributed by atoms with Gasteiger partial charge in [-0.25, -0.2) is 4.98 Å². The Kier molecular flexibility index (Phi) is 3.40. The van der Waals surface area contributed by atoms with E-state index in [1.807, 2.05) is 12.1 Å². The summed E-state index contributed by atoms with van der Waals surface area (Å²) in [5, 5.41) is 30.8. The molecule has 0 N–H and O–H groups in total. The third-order valence-corrected chi connectivity index (χ3v) is 4.58. The van der Waals surface area contributed by atoms with Crippen LogP contribution in [0.5, 0.6) is 0 Å². The number of nitrogens with zero attached hydrogens (tertiary/aromatic N) is 7. The molecule has 0 saturated heterocycles. The Morgan fingerprint density at radius 2 is 1.29 bits per heavy atom. The lowest BCUT2D eigenvalue weighted by Crippen LogP contribution is -1.97. The van der Waals surface area contributed by atoms with Crippen LogP contribution in [0.1, 0.15) is 11.1 Å². The topological polar surface area (TPSA) is 112 Å². The molecule has 5 aromatic rings. The lowest BCUT2D eigenvalue weighted by molar-refractivity contribution is 1.04. The van der Waals surface area contributed by atoms with Crippen molar-refractivity contribution in [1.82, 2.24) is 25.1 Å². The Morgan fingerprint density at radius 3 is 1.89 bits per heavy atom. The van der Waals surface area contributed by atoms with E-state index in [2.05, 4.69) is 32.3 Å². The Morgan fingerprint density at radius 1 is 0.679 bits per heavy atom. The molecule has 5 rings (SSSR count). The fourth-order valence-corrected chi connectivity index (χ4v) is 3.33. The summed E-state index contributed by atoms with van der Waals surface area (Å²) in [6, 6.07) is 12.7. The molecule has 0 atom stereocenters. The van der Waals surface area contributed by atoms with Gasteiger partial charge in [-0.15, -0.1) is 10.2 Å². The van der Waals surface area contributed by atoms with Crippen molar-refractivity contribution in [3.05, 3.63) is 66.2 Å². The molecule has 7 nitrogen and oxygen atoms in total. The van der Waals surface area contributed by atoms with Gasteiger partial charge in [0.25, 0.3) is 0 Å². The van der Waals surface area contributed by atoms with E-state index in [-0.39, 0.29) is 0 Å². The molecule has 7 heteroatoms. The molecule has 0 amide bonds. The first-order valence-corrected chi connectivity index (χ1v) is 8.38. The monoisotopic (exact) mass is 359 g/mol. The van der Waals surface area contributed by atoms with Crippen molar-refractivity contribution in [3.63, 3.8) is 0 Å². The van der Waals surface area contributed by atoms with Crippen molar-refractivity contribution in [2.75, 3.05) is 0 Å². The maximum Gasteiger partial charge on any atom is 0.182 e. The van der Waals surface area contributed by atoms with Gasteiger partial charge in [-0.2, -0.15) is 10.5 Å². The van der Waals surface area contributed by atoms with Gasteiger partial charge in [0.15, 0.2) is 5.82 Å². The standard InChI is InChI=1S/C21H9N7/c22-8-12-5-13(9-23)7-14(6-12)21-26-19-15-1-3-24-10-17(15)18-11-25-4-2-16(18)20(19)27-28-21/h1-7,10-11H. The minimum absolute atomic E-state index is 0.354. The SMILES string of the molecule is N#Cc1cc(C#N)cc(-c2nnc3c4ccncc4c4cnccc4c3n2)c1. The van der Waals surface area contributed by atoms with E-state index in [0.717, 1.165) is 21.5 Å². The van der Waals surface area contributed by atoms with Crippen LogP contribution in [-0.2, 0) is 0 Å². The zero-order chi connectivity index (χ0) is 19.1. The number of hydrogen-bond acceptors (Lipinski definition) is 7. The molecule has 0 aliphatic heterocycles. The van der Waals surface area contributed by atoms with Crippen molar-refractivity contribution in [2.45, 2.75) is 0 Å². The number of aromatic nitrogens is 5. The second kappa shape index (κ2) is 6.04. The molecular formula is C21H9N7. The number of benzene rings is 2. The van der Waals surface area contributed by atoms with Gasteiger partial charge < -0.3 is 0 Å². The van der Waals surface area contributed by atoms with Gasteiger partial charge in [-0.05, 0) is 30.3 Å². The molecule has 2 aromatic carbocycles. The summed E-state index contributed by atoms with van der Waals surface area (Å²) < 4.78 is 0. The molecule has 0 unspecified atom stereocenters. The lowest BCUT2D eigenvalue weighted by atomic mass is 10.0. The summed E-state index contributed by atoms with van der Waals surface area (Å²) >= 11 is 0. The van der Waals surface area contributed by atoms with Gasteiger partial charge in [0, 0.05) is 51.9 Å². The van der Waals surface area contributed by atoms with E-state index in [1.54, 1.807) is 36.9 Å². The zero-order valence-electron chi connectivity index (χ0n) is 14.3. The molecule has 3 heterocycles. The summed E-state index contributed by atoms with van der Waals surface area (Å²) in [6.07, 6.45) is 6.97. The first kappa shape index (κ1) is 15.7. The van der Waals surface area contributed by atoms with Gasteiger partial charge in [0.2, 0.25) is 0 Å². The van der Waals surface area contributed by atoms with Crippen molar-refractivity contribution >= 4 is 32.6 Å². The second-order valence-electron chi connectivity index (χ2n) is 6.20. The highest BCUT2D eigenvalue weighted by atomic mass is 15.2. The molecule has 0 fully saturated rings. The molecule has 0 aliphatic rings. The van der Waals surface area contributed by atoms with Crippen molar-refractivity contribution < 1.29 is 0 Å². The fraction of sp³-hybridized carbons (Fsp3) is 0. The molecule has 0 saturated carbocycles. The molecule has 128 valence electrons. The second-order valence-corrected chi connectivity index (χ2v) is 6.20. The molecule has 28 heavy (non-hydrogen) atoms. The normalized spacial score (nSPS) is 10.8. The Balaban J connectivity index is 1.89. The Bertz CT molecular complexity index is 1430. The number of fused-ring (bicyclic) bond motifs is 6. The maximum atomic E-state index is 9.23. The zero-order valence-corrected chi connectivity index (χ0v) is 14.3. The van der Waals surface area contributed by atoms with Crippen molar-refractivity contribution in [1.29, 1.82) is 10.5 Å². The quantitative estimate of drug-likeness (QED) is 0.421. The highest BCUT2D eigenvalue weighted by molar-refractivity contribution is 6.22. The van der Waals surface area contributed by atoms with Crippen LogP contribution in [0.4, 0.5) is 0 Å². The highest BCUT2D eigenvalue weighted by Crippen LogP contribution is 2.32. The highest BCUT2D eigenvalue weighted by Gasteiger charge is 2.14. The van der Waals surface area contributed by atoms with Crippen molar-refractivity contribution in [2.24, 2.45) is 0 Å². The smallest absolute Gasteiger partial charge is 0.182 e. The number of pyridine rings is 2. The minimum Gasteiger partial charge on any atom is -0.264 e. The minimum atomic E-state index is 0.354. The average molecular weight is 359 g/mol. The fourth-order valence-electron chi connectivity index (χ4n) is 3.33.